The number of amides is 4. The summed E-state index contributed by atoms with van der Waals surface area (Å²) in [4.78, 5) is 55.4. The molecule has 0 N–H and O–H groups in total. The van der Waals surface area contributed by atoms with E-state index in [4.69, 9.17) is 0 Å². The van der Waals surface area contributed by atoms with Crippen molar-refractivity contribution < 1.29 is 19.2 Å². The van der Waals surface area contributed by atoms with Crippen LogP contribution < -0.4 is 9.80 Å². The van der Waals surface area contributed by atoms with E-state index in [0.717, 1.165) is 9.79 Å². The molecule has 2 aliphatic heterocycles. The third-order valence-electron chi connectivity index (χ3n) is 5.62. The van der Waals surface area contributed by atoms with Gasteiger partial charge in [0, 0.05) is 22.6 Å². The number of thioether (sulfide) groups is 2. The summed E-state index contributed by atoms with van der Waals surface area (Å²) in [5.74, 6) is -1.06. The van der Waals surface area contributed by atoms with E-state index in [-0.39, 0.29) is 36.5 Å². The Balaban J connectivity index is 1.30. The maximum atomic E-state index is 12.9. The summed E-state index contributed by atoms with van der Waals surface area (Å²) in [6.07, 6.45) is 0.253. The highest BCUT2D eigenvalue weighted by molar-refractivity contribution is 8.01. The molecule has 2 heterocycles. The van der Waals surface area contributed by atoms with Crippen molar-refractivity contribution in [2.45, 2.75) is 33.1 Å². The minimum absolute atomic E-state index is 0.127. The first-order valence-electron chi connectivity index (χ1n) is 10.8. The second-order valence-electron chi connectivity index (χ2n) is 7.90. The summed E-state index contributed by atoms with van der Waals surface area (Å²) in [6, 6.07) is 25.5. The molecule has 0 bridgehead atoms. The molecule has 0 spiro atoms. The highest BCUT2D eigenvalue weighted by atomic mass is 32.2. The summed E-state index contributed by atoms with van der Waals surface area (Å²) in [5, 5.41) is -0.959. The Labute approximate surface area is 205 Å². The van der Waals surface area contributed by atoms with Crippen LogP contribution >= 0.6 is 23.5 Å². The van der Waals surface area contributed by atoms with Gasteiger partial charge in [-0.15, -0.1) is 23.5 Å². The van der Waals surface area contributed by atoms with E-state index in [1.807, 2.05) is 60.7 Å². The van der Waals surface area contributed by atoms with Crippen LogP contribution in [-0.2, 0) is 19.2 Å². The first kappa shape index (κ1) is 22.4. The SMILES string of the molecule is O=C1C[C@H](Sc2ccccc2)C(=O)N1c1ccc(N2C(=O)C[C@H](Sc3ccccc3)C2=O)cc1. The molecule has 2 fully saturated rings. The van der Waals surface area contributed by atoms with Gasteiger partial charge in [0.25, 0.3) is 0 Å². The largest absolute Gasteiger partial charge is 0.274 e. The topological polar surface area (TPSA) is 74.8 Å². The van der Waals surface area contributed by atoms with E-state index in [1.165, 1.54) is 33.3 Å². The standard InChI is InChI=1S/C26H20N2O4S2/c29-23-15-21(33-19-7-3-1-4-8-19)25(31)27(23)17-11-13-18(14-12-17)28-24(30)16-22(26(28)32)34-20-9-5-2-6-10-20/h1-14,21-22H,15-16H2/t21-,22-/m0/s1. The van der Waals surface area contributed by atoms with Crippen molar-refractivity contribution in [2.24, 2.45) is 0 Å². The smallest absolute Gasteiger partial charge is 0.247 e. The van der Waals surface area contributed by atoms with Crippen molar-refractivity contribution in [1.29, 1.82) is 0 Å². The average Bonchev–Trinajstić information content (AvgIpc) is 3.28. The first-order chi connectivity index (χ1) is 16.5. The summed E-state index contributed by atoms with van der Waals surface area (Å²) in [7, 11) is 0. The number of benzene rings is 3. The number of rotatable bonds is 6. The number of carbonyl (C=O) groups excluding carboxylic acids is 4. The predicted molar refractivity (Wildman–Crippen MR) is 133 cm³/mol. The fraction of sp³-hybridized carbons (Fsp3) is 0.154. The quantitative estimate of drug-likeness (QED) is 0.475. The Kier molecular flexibility index (Phi) is 6.26. The van der Waals surface area contributed by atoms with Crippen LogP contribution in [0.25, 0.3) is 0 Å². The lowest BCUT2D eigenvalue weighted by Gasteiger charge is -2.18. The van der Waals surface area contributed by atoms with Crippen molar-refractivity contribution in [3.05, 3.63) is 84.9 Å². The maximum absolute atomic E-state index is 12.9. The zero-order chi connectivity index (χ0) is 23.7. The maximum Gasteiger partial charge on any atom is 0.247 e. The molecule has 3 aromatic carbocycles. The van der Waals surface area contributed by atoms with Crippen LogP contribution in [0.4, 0.5) is 11.4 Å². The summed E-state index contributed by atoms with van der Waals surface area (Å²) in [6.45, 7) is 0. The normalized spacial score (nSPS) is 20.5. The lowest BCUT2D eigenvalue weighted by atomic mass is 10.2. The van der Waals surface area contributed by atoms with Crippen LogP contribution in [0, 0.1) is 0 Å². The second kappa shape index (κ2) is 9.48. The number of anilines is 2. The Morgan fingerprint density at radius 2 is 0.882 bits per heavy atom. The van der Waals surface area contributed by atoms with E-state index in [9.17, 15) is 19.2 Å². The molecule has 4 amide bonds. The zero-order valence-corrected chi connectivity index (χ0v) is 19.6. The molecule has 0 unspecified atom stereocenters. The number of hydrogen-bond donors (Lipinski definition) is 0. The lowest BCUT2D eigenvalue weighted by Crippen LogP contribution is -2.32. The van der Waals surface area contributed by atoms with Gasteiger partial charge in [-0.3, -0.25) is 19.2 Å². The fourth-order valence-corrected chi connectivity index (χ4v) is 6.16. The van der Waals surface area contributed by atoms with Gasteiger partial charge >= 0.3 is 0 Å². The van der Waals surface area contributed by atoms with Crippen molar-refractivity contribution in [2.75, 3.05) is 9.80 Å². The van der Waals surface area contributed by atoms with Crippen LogP contribution in [0.1, 0.15) is 12.8 Å². The van der Waals surface area contributed by atoms with Crippen molar-refractivity contribution in [3.63, 3.8) is 0 Å². The fourth-order valence-electron chi connectivity index (χ4n) is 4.01. The first-order valence-corrected chi connectivity index (χ1v) is 12.5. The van der Waals surface area contributed by atoms with Crippen LogP contribution in [-0.4, -0.2) is 34.1 Å². The highest BCUT2D eigenvalue weighted by Gasteiger charge is 2.42. The van der Waals surface area contributed by atoms with E-state index in [1.54, 1.807) is 24.3 Å². The summed E-state index contributed by atoms with van der Waals surface area (Å²) >= 11 is 2.75. The summed E-state index contributed by atoms with van der Waals surface area (Å²) < 4.78 is 0. The molecule has 2 saturated heterocycles. The Morgan fingerprint density at radius 1 is 0.529 bits per heavy atom. The van der Waals surface area contributed by atoms with Gasteiger partial charge in [0.15, 0.2) is 0 Å². The molecule has 0 aromatic heterocycles. The molecule has 34 heavy (non-hydrogen) atoms. The van der Waals surface area contributed by atoms with Crippen molar-refractivity contribution in [3.8, 4) is 0 Å². The van der Waals surface area contributed by atoms with Crippen molar-refractivity contribution >= 4 is 58.5 Å². The van der Waals surface area contributed by atoms with Gasteiger partial charge in [0.2, 0.25) is 23.6 Å². The second-order valence-corrected chi connectivity index (χ2v) is 10.5. The third kappa shape index (κ3) is 4.38. The number of imide groups is 2. The molecule has 6 nitrogen and oxygen atoms in total. The third-order valence-corrected chi connectivity index (χ3v) is 8.01. The predicted octanol–water partition coefficient (Wildman–Crippen LogP) is 4.54. The van der Waals surface area contributed by atoms with Gasteiger partial charge in [-0.05, 0) is 48.5 Å². The molecule has 0 aliphatic carbocycles. The van der Waals surface area contributed by atoms with E-state index in [2.05, 4.69) is 0 Å². The Morgan fingerprint density at radius 3 is 1.24 bits per heavy atom. The molecular formula is C26H20N2O4S2. The average molecular weight is 489 g/mol. The van der Waals surface area contributed by atoms with Crippen molar-refractivity contribution in [1.82, 2.24) is 0 Å². The molecule has 3 aromatic rings. The Hall–Kier alpha value is -3.36. The minimum atomic E-state index is -0.480. The van der Waals surface area contributed by atoms with Gasteiger partial charge in [0.1, 0.15) is 0 Å². The molecule has 2 aliphatic rings. The van der Waals surface area contributed by atoms with Crippen LogP contribution in [0.15, 0.2) is 94.7 Å². The van der Waals surface area contributed by atoms with Gasteiger partial charge in [-0.1, -0.05) is 36.4 Å². The minimum Gasteiger partial charge on any atom is -0.274 e. The summed E-state index contributed by atoms with van der Waals surface area (Å²) in [5.41, 5.74) is 0.869. The Bertz CT molecular complexity index is 1150. The van der Waals surface area contributed by atoms with E-state index < -0.39 is 10.5 Å². The van der Waals surface area contributed by atoms with Gasteiger partial charge in [-0.25, -0.2) is 9.80 Å². The van der Waals surface area contributed by atoms with E-state index in [0.29, 0.717) is 11.4 Å². The number of hydrogen-bond acceptors (Lipinski definition) is 6. The zero-order valence-electron chi connectivity index (χ0n) is 18.0. The molecule has 8 heteroatoms. The lowest BCUT2D eigenvalue weighted by molar-refractivity contribution is -0.122. The van der Waals surface area contributed by atoms with Gasteiger partial charge in [-0.2, -0.15) is 0 Å². The van der Waals surface area contributed by atoms with Gasteiger partial charge < -0.3 is 0 Å². The molecule has 0 radical (unpaired) electrons. The molecule has 5 rings (SSSR count). The number of nitrogens with zero attached hydrogens (tertiary/aromatic N) is 2. The monoisotopic (exact) mass is 488 g/mol. The molecule has 0 saturated carbocycles. The van der Waals surface area contributed by atoms with Crippen LogP contribution in [0.3, 0.4) is 0 Å². The van der Waals surface area contributed by atoms with E-state index >= 15 is 0 Å². The molecule has 2 atom stereocenters. The number of carbonyl (C=O) groups is 4. The van der Waals surface area contributed by atoms with Gasteiger partial charge in [0.05, 0.1) is 21.9 Å². The van der Waals surface area contributed by atoms with Crippen LogP contribution in [0.2, 0.25) is 0 Å². The highest BCUT2D eigenvalue weighted by Crippen LogP contribution is 2.36. The molecule has 170 valence electrons. The molecular weight excluding hydrogens is 468 g/mol. The van der Waals surface area contributed by atoms with Crippen LogP contribution in [0.5, 0.6) is 0 Å².